The second-order valence-corrected chi connectivity index (χ2v) is 8.15. The second kappa shape index (κ2) is 9.41. The Labute approximate surface area is 190 Å². The number of hydrogen-bond acceptors (Lipinski definition) is 7. The molecule has 0 bridgehead atoms. The quantitative estimate of drug-likeness (QED) is 0.448. The number of aromatic nitrogens is 4. The van der Waals surface area contributed by atoms with Crippen LogP contribution in [-0.2, 0) is 17.8 Å². The largest absolute Gasteiger partial charge is 0.486 e. The highest BCUT2D eigenvalue weighted by molar-refractivity contribution is 5.97. The first kappa shape index (κ1) is 21.1. The standard InChI is InChI=1S/C24H25N5O4/c1-17-21(27-33-26-17)16-32-23-7-3-2-5-19(23)24(30)29-11-12-31-15-18(14-29)13-20-22-6-4-9-28(22)10-8-25-20/h2-10,18H,11-16H2,1H3/t18-/m1/s1. The topological polar surface area (TPSA) is 95.0 Å². The maximum absolute atomic E-state index is 13.5. The number of rotatable bonds is 6. The molecule has 1 aromatic carbocycles. The molecule has 0 N–H and O–H groups in total. The minimum absolute atomic E-state index is 0.0787. The number of hydrogen-bond donors (Lipinski definition) is 0. The van der Waals surface area contributed by atoms with Crippen LogP contribution >= 0.6 is 0 Å². The van der Waals surface area contributed by atoms with Crippen molar-refractivity contribution in [3.05, 3.63) is 77.6 Å². The van der Waals surface area contributed by atoms with E-state index in [-0.39, 0.29) is 18.4 Å². The predicted octanol–water partition coefficient (Wildman–Crippen LogP) is 2.94. The van der Waals surface area contributed by atoms with Crippen molar-refractivity contribution in [1.82, 2.24) is 24.6 Å². The van der Waals surface area contributed by atoms with Gasteiger partial charge in [-0.3, -0.25) is 9.78 Å². The molecule has 0 spiro atoms. The van der Waals surface area contributed by atoms with Crippen LogP contribution in [0.2, 0.25) is 0 Å². The van der Waals surface area contributed by atoms with Crippen LogP contribution in [0.5, 0.6) is 5.75 Å². The Morgan fingerprint density at radius 2 is 2.06 bits per heavy atom. The minimum atomic E-state index is -0.0787. The maximum Gasteiger partial charge on any atom is 0.257 e. The zero-order valence-electron chi connectivity index (χ0n) is 18.4. The van der Waals surface area contributed by atoms with Gasteiger partial charge in [0.05, 0.1) is 30.0 Å². The zero-order chi connectivity index (χ0) is 22.6. The zero-order valence-corrected chi connectivity index (χ0v) is 18.4. The Bertz CT molecular complexity index is 1250. The molecular formula is C24H25N5O4. The van der Waals surface area contributed by atoms with Crippen LogP contribution < -0.4 is 4.74 Å². The summed E-state index contributed by atoms with van der Waals surface area (Å²) < 4.78 is 18.5. The third kappa shape index (κ3) is 4.58. The smallest absolute Gasteiger partial charge is 0.257 e. The minimum Gasteiger partial charge on any atom is -0.486 e. The summed E-state index contributed by atoms with van der Waals surface area (Å²) in [6, 6.07) is 11.3. The second-order valence-electron chi connectivity index (χ2n) is 8.15. The van der Waals surface area contributed by atoms with Crippen LogP contribution in [0.3, 0.4) is 0 Å². The highest BCUT2D eigenvalue weighted by Crippen LogP contribution is 2.24. The SMILES string of the molecule is Cc1nonc1COc1ccccc1C(=O)N1CCOC[C@H](Cc2nccn3cccc23)C1. The van der Waals surface area contributed by atoms with Gasteiger partial charge in [0.25, 0.3) is 5.91 Å². The number of ether oxygens (including phenoxy) is 2. The van der Waals surface area contributed by atoms with E-state index in [0.29, 0.717) is 49.0 Å². The molecule has 1 fully saturated rings. The molecule has 1 atom stereocenters. The summed E-state index contributed by atoms with van der Waals surface area (Å²) in [5.74, 6) is 0.568. The van der Waals surface area contributed by atoms with Crippen LogP contribution in [0.1, 0.15) is 27.4 Å². The number of carbonyl (C=O) groups excluding carboxylic acids is 1. The van der Waals surface area contributed by atoms with Crippen molar-refractivity contribution in [2.75, 3.05) is 26.3 Å². The van der Waals surface area contributed by atoms with Crippen molar-refractivity contribution in [3.8, 4) is 5.75 Å². The van der Waals surface area contributed by atoms with Gasteiger partial charge in [-0.2, -0.15) is 0 Å². The maximum atomic E-state index is 13.5. The molecule has 4 heterocycles. The lowest BCUT2D eigenvalue weighted by atomic mass is 10.0. The van der Waals surface area contributed by atoms with Gasteiger partial charge in [0.2, 0.25) is 0 Å². The Morgan fingerprint density at radius 1 is 1.15 bits per heavy atom. The van der Waals surface area contributed by atoms with Crippen LogP contribution in [0.15, 0.2) is 59.6 Å². The molecule has 0 aliphatic carbocycles. The summed E-state index contributed by atoms with van der Waals surface area (Å²) >= 11 is 0. The molecule has 3 aromatic heterocycles. The third-order valence-corrected chi connectivity index (χ3v) is 5.87. The third-order valence-electron chi connectivity index (χ3n) is 5.87. The summed E-state index contributed by atoms with van der Waals surface area (Å²) in [5, 5.41) is 7.61. The van der Waals surface area contributed by atoms with E-state index in [0.717, 1.165) is 17.6 Å². The molecule has 170 valence electrons. The predicted molar refractivity (Wildman–Crippen MR) is 119 cm³/mol. The van der Waals surface area contributed by atoms with Crippen molar-refractivity contribution < 1.29 is 18.9 Å². The molecular weight excluding hydrogens is 422 g/mol. The van der Waals surface area contributed by atoms with Crippen LogP contribution in [0, 0.1) is 12.8 Å². The van der Waals surface area contributed by atoms with E-state index >= 15 is 0 Å². The van der Waals surface area contributed by atoms with Gasteiger partial charge in [-0.25, -0.2) is 4.63 Å². The molecule has 1 saturated heterocycles. The van der Waals surface area contributed by atoms with E-state index in [1.165, 1.54) is 0 Å². The number of fused-ring (bicyclic) bond motifs is 1. The molecule has 9 heteroatoms. The Hall–Kier alpha value is -3.72. The Balaban J connectivity index is 1.32. The van der Waals surface area contributed by atoms with Gasteiger partial charge in [-0.05, 0) is 37.6 Å². The van der Waals surface area contributed by atoms with Crippen molar-refractivity contribution >= 4 is 11.4 Å². The molecule has 1 aliphatic heterocycles. The lowest BCUT2D eigenvalue weighted by Crippen LogP contribution is -2.36. The summed E-state index contributed by atoms with van der Waals surface area (Å²) in [6.45, 7) is 4.18. The molecule has 0 unspecified atom stereocenters. The molecule has 0 radical (unpaired) electrons. The molecule has 1 aliphatic rings. The summed E-state index contributed by atoms with van der Waals surface area (Å²) in [6.07, 6.45) is 6.48. The fourth-order valence-corrected chi connectivity index (χ4v) is 4.11. The Kier molecular flexibility index (Phi) is 6.03. The fraction of sp³-hybridized carbons (Fsp3) is 0.333. The average molecular weight is 447 g/mol. The Morgan fingerprint density at radius 3 is 2.94 bits per heavy atom. The van der Waals surface area contributed by atoms with Gasteiger partial charge in [0, 0.05) is 37.6 Å². The molecule has 9 nitrogen and oxygen atoms in total. The first-order valence-corrected chi connectivity index (χ1v) is 11.0. The number of amides is 1. The van der Waals surface area contributed by atoms with Crippen molar-refractivity contribution in [2.45, 2.75) is 20.0 Å². The summed E-state index contributed by atoms with van der Waals surface area (Å²) in [5.41, 5.74) is 3.87. The fourth-order valence-electron chi connectivity index (χ4n) is 4.11. The average Bonchev–Trinajstić information content (AvgIpc) is 3.42. The molecule has 33 heavy (non-hydrogen) atoms. The number of para-hydroxylation sites is 1. The lowest BCUT2D eigenvalue weighted by Gasteiger charge is -2.24. The number of nitrogens with zero attached hydrogens (tertiary/aromatic N) is 5. The molecule has 4 aromatic rings. The van der Waals surface area contributed by atoms with Gasteiger partial charge in [-0.15, -0.1) is 0 Å². The van der Waals surface area contributed by atoms with Crippen LogP contribution in [-0.4, -0.2) is 56.8 Å². The van der Waals surface area contributed by atoms with Gasteiger partial charge >= 0.3 is 0 Å². The molecule has 5 rings (SSSR count). The van der Waals surface area contributed by atoms with Crippen molar-refractivity contribution in [2.24, 2.45) is 5.92 Å². The first-order valence-electron chi connectivity index (χ1n) is 11.0. The highest BCUT2D eigenvalue weighted by Gasteiger charge is 2.26. The molecule has 0 saturated carbocycles. The van der Waals surface area contributed by atoms with E-state index in [9.17, 15) is 4.79 Å². The van der Waals surface area contributed by atoms with Crippen molar-refractivity contribution in [1.29, 1.82) is 0 Å². The van der Waals surface area contributed by atoms with E-state index in [2.05, 4.69) is 25.8 Å². The van der Waals surface area contributed by atoms with E-state index < -0.39 is 0 Å². The van der Waals surface area contributed by atoms with Crippen LogP contribution in [0.4, 0.5) is 0 Å². The van der Waals surface area contributed by atoms with Gasteiger partial charge in [0.15, 0.2) is 0 Å². The van der Waals surface area contributed by atoms with Crippen LogP contribution in [0.25, 0.3) is 5.52 Å². The number of carbonyl (C=O) groups is 1. The normalized spacial score (nSPS) is 16.6. The van der Waals surface area contributed by atoms with Gasteiger partial charge < -0.3 is 18.8 Å². The first-order chi connectivity index (χ1) is 16.2. The monoisotopic (exact) mass is 447 g/mol. The van der Waals surface area contributed by atoms with Crippen molar-refractivity contribution in [3.63, 3.8) is 0 Å². The van der Waals surface area contributed by atoms with Gasteiger partial charge in [-0.1, -0.05) is 22.4 Å². The highest BCUT2D eigenvalue weighted by atomic mass is 16.6. The summed E-state index contributed by atoms with van der Waals surface area (Å²) in [4.78, 5) is 19.9. The number of benzene rings is 1. The van der Waals surface area contributed by atoms with E-state index in [4.69, 9.17) is 14.1 Å². The molecule has 1 amide bonds. The lowest BCUT2D eigenvalue weighted by molar-refractivity contribution is 0.0732. The van der Waals surface area contributed by atoms with Gasteiger partial charge in [0.1, 0.15) is 23.7 Å². The van der Waals surface area contributed by atoms with E-state index in [1.54, 1.807) is 19.1 Å². The summed E-state index contributed by atoms with van der Waals surface area (Å²) in [7, 11) is 0. The van der Waals surface area contributed by atoms with E-state index in [1.807, 2.05) is 41.7 Å². The number of aryl methyl sites for hydroxylation is 1.